The summed E-state index contributed by atoms with van der Waals surface area (Å²) >= 11 is 1.47. The second kappa shape index (κ2) is 4.90. The first-order valence-corrected chi connectivity index (χ1v) is 6.39. The number of nitrogens with zero attached hydrogens (tertiary/aromatic N) is 2. The summed E-state index contributed by atoms with van der Waals surface area (Å²) in [4.78, 5) is 0. The van der Waals surface area contributed by atoms with Gasteiger partial charge in [0.05, 0.1) is 5.60 Å². The van der Waals surface area contributed by atoms with E-state index in [0.717, 1.165) is 30.8 Å². The molecule has 2 N–H and O–H groups in total. The van der Waals surface area contributed by atoms with E-state index in [-0.39, 0.29) is 0 Å². The third-order valence-corrected chi connectivity index (χ3v) is 3.61. The lowest BCUT2D eigenvalue weighted by Crippen LogP contribution is -2.36. The van der Waals surface area contributed by atoms with E-state index in [0.29, 0.717) is 6.54 Å². The quantitative estimate of drug-likeness (QED) is 0.776. The predicted molar refractivity (Wildman–Crippen MR) is 61.1 cm³/mol. The second-order valence-corrected chi connectivity index (χ2v) is 5.07. The van der Waals surface area contributed by atoms with Gasteiger partial charge in [-0.3, -0.25) is 0 Å². The molecule has 1 saturated carbocycles. The summed E-state index contributed by atoms with van der Waals surface area (Å²) in [5, 5.41) is 22.0. The molecular formula is C10H17N3OS. The van der Waals surface area contributed by atoms with E-state index in [1.165, 1.54) is 24.2 Å². The molecule has 0 amide bonds. The maximum Gasteiger partial charge on any atom is 0.205 e. The van der Waals surface area contributed by atoms with E-state index in [1.54, 1.807) is 5.51 Å². The predicted octanol–water partition coefficient (Wildman–Crippen LogP) is 2.04. The molecule has 1 heterocycles. The third-order valence-electron chi connectivity index (χ3n) is 2.96. The van der Waals surface area contributed by atoms with Crippen LogP contribution in [0, 0.1) is 0 Å². The van der Waals surface area contributed by atoms with Gasteiger partial charge in [0, 0.05) is 6.54 Å². The third kappa shape index (κ3) is 3.14. The van der Waals surface area contributed by atoms with E-state index in [1.807, 2.05) is 0 Å². The Morgan fingerprint density at radius 3 is 2.67 bits per heavy atom. The van der Waals surface area contributed by atoms with E-state index in [9.17, 15) is 5.11 Å². The van der Waals surface area contributed by atoms with Crippen molar-refractivity contribution < 1.29 is 5.11 Å². The van der Waals surface area contributed by atoms with E-state index in [2.05, 4.69) is 15.5 Å². The van der Waals surface area contributed by atoms with Crippen LogP contribution in [0.1, 0.15) is 38.5 Å². The normalized spacial score (nSPS) is 20.9. The molecule has 1 fully saturated rings. The minimum atomic E-state index is -0.540. The summed E-state index contributed by atoms with van der Waals surface area (Å²) < 4.78 is 0. The molecule has 0 aliphatic heterocycles. The number of anilines is 1. The molecule has 0 unspecified atom stereocenters. The van der Waals surface area contributed by atoms with Gasteiger partial charge < -0.3 is 10.4 Å². The molecule has 0 radical (unpaired) electrons. The molecular weight excluding hydrogens is 210 g/mol. The van der Waals surface area contributed by atoms with Gasteiger partial charge in [-0.15, -0.1) is 10.2 Å². The van der Waals surface area contributed by atoms with E-state index in [4.69, 9.17) is 0 Å². The highest BCUT2D eigenvalue weighted by atomic mass is 32.1. The smallest absolute Gasteiger partial charge is 0.205 e. The Hall–Kier alpha value is -0.680. The van der Waals surface area contributed by atoms with Crippen LogP contribution in [0.2, 0.25) is 0 Å². The zero-order valence-corrected chi connectivity index (χ0v) is 9.59. The van der Waals surface area contributed by atoms with Gasteiger partial charge in [0.2, 0.25) is 5.13 Å². The van der Waals surface area contributed by atoms with Crippen LogP contribution in [0.25, 0.3) is 0 Å². The number of nitrogens with one attached hydrogen (secondary N) is 1. The maximum atomic E-state index is 10.3. The second-order valence-electron chi connectivity index (χ2n) is 4.24. The van der Waals surface area contributed by atoms with E-state index >= 15 is 0 Å². The van der Waals surface area contributed by atoms with Crippen LogP contribution in [0.3, 0.4) is 0 Å². The number of aromatic nitrogens is 2. The van der Waals surface area contributed by atoms with Crippen LogP contribution in [-0.2, 0) is 0 Å². The Kier molecular flexibility index (Phi) is 3.53. The van der Waals surface area contributed by atoms with Crippen LogP contribution in [-0.4, -0.2) is 27.4 Å². The minimum Gasteiger partial charge on any atom is -0.388 e. The largest absolute Gasteiger partial charge is 0.388 e. The van der Waals surface area contributed by atoms with Crippen molar-refractivity contribution in [2.45, 2.75) is 44.1 Å². The van der Waals surface area contributed by atoms with Crippen molar-refractivity contribution in [2.24, 2.45) is 0 Å². The molecule has 1 aliphatic carbocycles. The van der Waals surface area contributed by atoms with Crippen LogP contribution >= 0.6 is 11.3 Å². The summed E-state index contributed by atoms with van der Waals surface area (Å²) in [7, 11) is 0. The Morgan fingerprint density at radius 2 is 2.07 bits per heavy atom. The first kappa shape index (κ1) is 10.8. The molecule has 4 nitrogen and oxygen atoms in total. The summed E-state index contributed by atoms with van der Waals surface area (Å²) in [5.74, 6) is 0. The highest BCUT2D eigenvalue weighted by Gasteiger charge is 2.27. The Bertz CT molecular complexity index is 281. The standard InChI is InChI=1S/C10H17N3OS/c14-10(5-3-1-2-4-6-10)7-11-9-13-12-8-15-9/h8,14H,1-7H2,(H,11,13). The summed E-state index contributed by atoms with van der Waals surface area (Å²) in [6.45, 7) is 0.599. The SMILES string of the molecule is OC1(CNc2nncs2)CCCCCC1. The highest BCUT2D eigenvalue weighted by molar-refractivity contribution is 7.13. The van der Waals surface area contributed by atoms with Crippen molar-refractivity contribution in [3.05, 3.63) is 5.51 Å². The van der Waals surface area contributed by atoms with Crippen molar-refractivity contribution in [1.29, 1.82) is 0 Å². The van der Waals surface area contributed by atoms with Crippen LogP contribution in [0.4, 0.5) is 5.13 Å². The van der Waals surface area contributed by atoms with Gasteiger partial charge in [0.15, 0.2) is 0 Å². The molecule has 2 rings (SSSR count). The van der Waals surface area contributed by atoms with Gasteiger partial charge in [-0.2, -0.15) is 0 Å². The fourth-order valence-electron chi connectivity index (χ4n) is 2.05. The monoisotopic (exact) mass is 227 g/mol. The number of hydrogen-bond acceptors (Lipinski definition) is 5. The fourth-order valence-corrected chi connectivity index (χ4v) is 2.50. The molecule has 0 spiro atoms. The lowest BCUT2D eigenvalue weighted by atomic mass is 9.95. The van der Waals surface area contributed by atoms with Crippen LogP contribution in [0.15, 0.2) is 5.51 Å². The van der Waals surface area contributed by atoms with Crippen molar-refractivity contribution in [1.82, 2.24) is 10.2 Å². The average molecular weight is 227 g/mol. The van der Waals surface area contributed by atoms with Gasteiger partial charge in [-0.05, 0) is 12.8 Å². The van der Waals surface area contributed by atoms with Gasteiger partial charge in [0.25, 0.3) is 0 Å². The number of rotatable bonds is 3. The zero-order valence-electron chi connectivity index (χ0n) is 8.78. The van der Waals surface area contributed by atoms with Crippen molar-refractivity contribution in [3.63, 3.8) is 0 Å². The lowest BCUT2D eigenvalue weighted by Gasteiger charge is -2.26. The van der Waals surface area contributed by atoms with Gasteiger partial charge in [0.1, 0.15) is 5.51 Å². The van der Waals surface area contributed by atoms with E-state index < -0.39 is 5.60 Å². The van der Waals surface area contributed by atoms with Crippen molar-refractivity contribution >= 4 is 16.5 Å². The molecule has 5 heteroatoms. The Morgan fingerprint density at radius 1 is 1.33 bits per heavy atom. The van der Waals surface area contributed by atoms with Gasteiger partial charge in [-0.25, -0.2) is 0 Å². The molecule has 0 atom stereocenters. The molecule has 84 valence electrons. The number of aliphatic hydroxyl groups is 1. The minimum absolute atomic E-state index is 0.540. The average Bonchev–Trinajstić information content (AvgIpc) is 2.65. The molecule has 0 saturated heterocycles. The molecule has 0 bridgehead atoms. The highest BCUT2D eigenvalue weighted by Crippen LogP contribution is 2.27. The zero-order chi connectivity index (χ0) is 10.6. The lowest BCUT2D eigenvalue weighted by molar-refractivity contribution is 0.0381. The molecule has 1 aromatic heterocycles. The van der Waals surface area contributed by atoms with Gasteiger partial charge in [-0.1, -0.05) is 37.0 Å². The van der Waals surface area contributed by atoms with Crippen LogP contribution in [0.5, 0.6) is 0 Å². The molecule has 1 aliphatic rings. The Labute approximate surface area is 93.7 Å². The van der Waals surface area contributed by atoms with Crippen LogP contribution < -0.4 is 5.32 Å². The number of hydrogen-bond donors (Lipinski definition) is 2. The molecule has 1 aromatic rings. The van der Waals surface area contributed by atoms with Crippen molar-refractivity contribution in [3.8, 4) is 0 Å². The Balaban J connectivity index is 1.86. The summed E-state index contributed by atoms with van der Waals surface area (Å²) in [6.07, 6.45) is 6.57. The maximum absolute atomic E-state index is 10.3. The first-order chi connectivity index (χ1) is 7.29. The first-order valence-electron chi connectivity index (χ1n) is 5.51. The van der Waals surface area contributed by atoms with Crippen molar-refractivity contribution in [2.75, 3.05) is 11.9 Å². The molecule has 15 heavy (non-hydrogen) atoms. The summed E-state index contributed by atoms with van der Waals surface area (Å²) in [5.41, 5.74) is 1.15. The van der Waals surface area contributed by atoms with Gasteiger partial charge >= 0.3 is 0 Å². The molecule has 0 aromatic carbocycles. The fraction of sp³-hybridized carbons (Fsp3) is 0.800. The topological polar surface area (TPSA) is 58.0 Å². The summed E-state index contributed by atoms with van der Waals surface area (Å²) in [6, 6.07) is 0.